The Balaban J connectivity index is 2.18. The molecule has 6 nitrogen and oxygen atoms in total. The highest BCUT2D eigenvalue weighted by Crippen LogP contribution is 2.41. The standard InChI is InChI=1S/C14H21NO5/c1-14(2,3)20-13(18)15-7-8-5-9(16)6-10(8)11(15)12(17)19-4/h8,10-11H,5-7H2,1-4H3/t8-,10-,11?/m0/s1. The highest BCUT2D eigenvalue weighted by molar-refractivity contribution is 5.87. The lowest BCUT2D eigenvalue weighted by atomic mass is 9.94. The van der Waals surface area contributed by atoms with E-state index in [0.717, 1.165) is 0 Å². The average Bonchev–Trinajstić information content (AvgIpc) is 2.81. The van der Waals surface area contributed by atoms with Gasteiger partial charge in [0, 0.05) is 25.3 Å². The first kappa shape index (κ1) is 14.8. The van der Waals surface area contributed by atoms with E-state index in [-0.39, 0.29) is 17.6 Å². The van der Waals surface area contributed by atoms with Crippen molar-refractivity contribution >= 4 is 17.8 Å². The maximum absolute atomic E-state index is 12.2. The first-order valence-electron chi connectivity index (χ1n) is 6.82. The summed E-state index contributed by atoms with van der Waals surface area (Å²) >= 11 is 0. The Bertz CT molecular complexity index is 439. The minimum Gasteiger partial charge on any atom is -0.467 e. The molecule has 1 aliphatic heterocycles. The Morgan fingerprint density at radius 2 is 1.90 bits per heavy atom. The number of nitrogens with zero attached hydrogens (tertiary/aromatic N) is 1. The molecule has 1 heterocycles. The zero-order valence-electron chi connectivity index (χ0n) is 12.3. The Hall–Kier alpha value is -1.59. The smallest absolute Gasteiger partial charge is 0.411 e. The van der Waals surface area contributed by atoms with Gasteiger partial charge in [-0.25, -0.2) is 9.59 Å². The maximum atomic E-state index is 12.2. The predicted molar refractivity (Wildman–Crippen MR) is 70.0 cm³/mol. The van der Waals surface area contributed by atoms with Crippen LogP contribution in [-0.4, -0.2) is 48.0 Å². The van der Waals surface area contributed by atoms with Crippen LogP contribution in [-0.2, 0) is 19.1 Å². The van der Waals surface area contributed by atoms with Crippen LogP contribution in [0, 0.1) is 11.8 Å². The van der Waals surface area contributed by atoms with E-state index in [2.05, 4.69) is 0 Å². The van der Waals surface area contributed by atoms with E-state index >= 15 is 0 Å². The lowest BCUT2D eigenvalue weighted by Gasteiger charge is -2.28. The van der Waals surface area contributed by atoms with Crippen molar-refractivity contribution in [1.82, 2.24) is 4.90 Å². The summed E-state index contributed by atoms with van der Waals surface area (Å²) in [6.45, 7) is 5.71. The van der Waals surface area contributed by atoms with Crippen LogP contribution >= 0.6 is 0 Å². The summed E-state index contributed by atoms with van der Waals surface area (Å²) in [5.41, 5.74) is -0.620. The van der Waals surface area contributed by atoms with Gasteiger partial charge >= 0.3 is 12.1 Å². The molecule has 0 spiro atoms. The van der Waals surface area contributed by atoms with E-state index in [4.69, 9.17) is 9.47 Å². The fraction of sp³-hybridized carbons (Fsp3) is 0.786. The largest absolute Gasteiger partial charge is 0.467 e. The minimum atomic E-state index is -0.703. The summed E-state index contributed by atoms with van der Waals surface area (Å²) in [7, 11) is 1.29. The Kier molecular flexibility index (Phi) is 3.75. The molecule has 1 saturated heterocycles. The maximum Gasteiger partial charge on any atom is 0.411 e. The lowest BCUT2D eigenvalue weighted by molar-refractivity contribution is -0.147. The number of rotatable bonds is 1. The first-order valence-corrected chi connectivity index (χ1v) is 6.82. The molecule has 0 radical (unpaired) electrons. The molecular weight excluding hydrogens is 262 g/mol. The normalized spacial score (nSPS) is 29.3. The van der Waals surface area contributed by atoms with Crippen molar-refractivity contribution < 1.29 is 23.9 Å². The molecular formula is C14H21NO5. The van der Waals surface area contributed by atoms with Crippen LogP contribution in [0.5, 0.6) is 0 Å². The molecule has 1 amide bonds. The van der Waals surface area contributed by atoms with Gasteiger partial charge in [0.1, 0.15) is 17.4 Å². The second-order valence-corrected chi connectivity index (χ2v) is 6.47. The van der Waals surface area contributed by atoms with Crippen molar-refractivity contribution in [3.63, 3.8) is 0 Å². The highest BCUT2D eigenvalue weighted by atomic mass is 16.6. The lowest BCUT2D eigenvalue weighted by Crippen LogP contribution is -2.46. The fourth-order valence-corrected chi connectivity index (χ4v) is 3.05. The number of amides is 1. The number of methoxy groups -OCH3 is 1. The van der Waals surface area contributed by atoms with Gasteiger partial charge in [0.15, 0.2) is 0 Å². The van der Waals surface area contributed by atoms with Gasteiger partial charge in [-0.2, -0.15) is 0 Å². The molecule has 0 N–H and O–H groups in total. The molecule has 6 heteroatoms. The molecule has 0 aromatic carbocycles. The number of carbonyl (C=O) groups excluding carboxylic acids is 3. The number of esters is 1. The van der Waals surface area contributed by atoms with Gasteiger partial charge in [-0.3, -0.25) is 9.69 Å². The van der Waals surface area contributed by atoms with Gasteiger partial charge < -0.3 is 9.47 Å². The third-order valence-electron chi connectivity index (χ3n) is 3.80. The van der Waals surface area contributed by atoms with Crippen molar-refractivity contribution in [2.75, 3.05) is 13.7 Å². The molecule has 2 fully saturated rings. The number of fused-ring (bicyclic) bond motifs is 1. The van der Waals surface area contributed by atoms with Crippen LogP contribution in [0.2, 0.25) is 0 Å². The Labute approximate surface area is 118 Å². The minimum absolute atomic E-state index is 0.0409. The fourth-order valence-electron chi connectivity index (χ4n) is 3.05. The van der Waals surface area contributed by atoms with Crippen molar-refractivity contribution in [2.45, 2.75) is 45.3 Å². The number of carbonyl (C=O) groups is 3. The van der Waals surface area contributed by atoms with E-state index in [0.29, 0.717) is 19.4 Å². The van der Waals surface area contributed by atoms with Crippen LogP contribution in [0.25, 0.3) is 0 Å². The first-order chi connectivity index (χ1) is 9.23. The molecule has 112 valence electrons. The third kappa shape index (κ3) is 2.78. The van der Waals surface area contributed by atoms with Crippen LogP contribution in [0.1, 0.15) is 33.6 Å². The average molecular weight is 283 g/mol. The quantitative estimate of drug-likeness (QED) is 0.680. The van der Waals surface area contributed by atoms with Crippen molar-refractivity contribution in [1.29, 1.82) is 0 Å². The summed E-state index contributed by atoms with van der Waals surface area (Å²) in [6.07, 6.45) is 0.246. The third-order valence-corrected chi connectivity index (χ3v) is 3.80. The van der Waals surface area contributed by atoms with Gasteiger partial charge in [-0.05, 0) is 26.7 Å². The van der Waals surface area contributed by atoms with Crippen LogP contribution < -0.4 is 0 Å². The molecule has 1 saturated carbocycles. The molecule has 1 unspecified atom stereocenters. The van der Waals surface area contributed by atoms with E-state index in [9.17, 15) is 14.4 Å². The van der Waals surface area contributed by atoms with Gasteiger partial charge in [0.05, 0.1) is 7.11 Å². The van der Waals surface area contributed by atoms with Crippen LogP contribution in [0.15, 0.2) is 0 Å². The van der Waals surface area contributed by atoms with Gasteiger partial charge in [-0.15, -0.1) is 0 Å². The topological polar surface area (TPSA) is 72.9 Å². The van der Waals surface area contributed by atoms with Gasteiger partial charge in [0.2, 0.25) is 0 Å². The monoisotopic (exact) mass is 283 g/mol. The van der Waals surface area contributed by atoms with Crippen LogP contribution in [0.4, 0.5) is 4.79 Å². The van der Waals surface area contributed by atoms with E-state index in [1.165, 1.54) is 12.0 Å². The number of hydrogen-bond acceptors (Lipinski definition) is 5. The van der Waals surface area contributed by atoms with Gasteiger partial charge in [-0.1, -0.05) is 0 Å². The van der Waals surface area contributed by atoms with Crippen molar-refractivity contribution in [2.24, 2.45) is 11.8 Å². The zero-order chi connectivity index (χ0) is 15.1. The summed E-state index contributed by atoms with van der Waals surface area (Å²) in [5, 5.41) is 0. The Morgan fingerprint density at radius 3 is 2.45 bits per heavy atom. The van der Waals surface area contributed by atoms with E-state index in [1.54, 1.807) is 20.8 Å². The van der Waals surface area contributed by atoms with Crippen molar-refractivity contribution in [3.8, 4) is 0 Å². The molecule has 0 aromatic rings. The Morgan fingerprint density at radius 1 is 1.25 bits per heavy atom. The molecule has 20 heavy (non-hydrogen) atoms. The summed E-state index contributed by atoms with van der Waals surface area (Å²) in [4.78, 5) is 37.1. The molecule has 0 bridgehead atoms. The number of likely N-dealkylation sites (tertiary alicyclic amines) is 1. The zero-order valence-corrected chi connectivity index (χ0v) is 12.3. The van der Waals surface area contributed by atoms with Crippen LogP contribution in [0.3, 0.4) is 0 Å². The second-order valence-electron chi connectivity index (χ2n) is 6.47. The molecule has 3 atom stereocenters. The number of hydrogen-bond donors (Lipinski definition) is 0. The van der Waals surface area contributed by atoms with E-state index in [1.807, 2.05) is 0 Å². The molecule has 0 aromatic heterocycles. The van der Waals surface area contributed by atoms with E-state index < -0.39 is 23.7 Å². The molecule has 2 rings (SSSR count). The summed E-state index contributed by atoms with van der Waals surface area (Å²) in [6, 6.07) is -0.703. The number of Topliss-reactive ketones (excluding diaryl/α,β-unsaturated/α-hetero) is 1. The summed E-state index contributed by atoms with van der Waals surface area (Å²) < 4.78 is 10.1. The van der Waals surface area contributed by atoms with Crippen molar-refractivity contribution in [3.05, 3.63) is 0 Å². The van der Waals surface area contributed by atoms with Gasteiger partial charge in [0.25, 0.3) is 0 Å². The highest BCUT2D eigenvalue weighted by Gasteiger charge is 2.53. The predicted octanol–water partition coefficient (Wildman–Crippen LogP) is 1.37. The number of ketones is 1. The molecule has 1 aliphatic carbocycles. The summed E-state index contributed by atoms with van der Waals surface area (Å²) in [5.74, 6) is -0.419. The molecule has 2 aliphatic rings. The SMILES string of the molecule is COC(=O)C1[C@H]2CC(=O)C[C@H]2CN1C(=O)OC(C)(C)C. The number of ether oxygens (including phenoxy) is 2. The second kappa shape index (κ2) is 5.07.